The third kappa shape index (κ3) is 4.38. The van der Waals surface area contributed by atoms with Crippen LogP contribution in [0.2, 0.25) is 0 Å². The zero-order valence-corrected chi connectivity index (χ0v) is 13.0. The van der Waals surface area contributed by atoms with Crippen molar-refractivity contribution < 1.29 is 9.47 Å². The molecule has 2 aromatic rings. The molecule has 112 valence electrons. The summed E-state index contributed by atoms with van der Waals surface area (Å²) in [6, 6.07) is 11.4. The fourth-order valence-corrected chi connectivity index (χ4v) is 1.78. The van der Waals surface area contributed by atoms with Gasteiger partial charge in [-0.25, -0.2) is 0 Å². The maximum atomic E-state index is 5.88. The van der Waals surface area contributed by atoms with Crippen molar-refractivity contribution >= 4 is 5.69 Å². The summed E-state index contributed by atoms with van der Waals surface area (Å²) in [6.45, 7) is 7.97. The first-order chi connectivity index (χ1) is 9.87. The number of pyridine rings is 1. The van der Waals surface area contributed by atoms with E-state index in [-0.39, 0.29) is 5.60 Å². The van der Waals surface area contributed by atoms with Crippen molar-refractivity contribution in [2.24, 2.45) is 0 Å². The molecule has 2 rings (SSSR count). The number of ether oxygens (including phenoxy) is 2. The Balaban J connectivity index is 2.18. The third-order valence-corrected chi connectivity index (χ3v) is 2.82. The molecular formula is C17H22N2O2. The van der Waals surface area contributed by atoms with E-state index < -0.39 is 0 Å². The van der Waals surface area contributed by atoms with Gasteiger partial charge >= 0.3 is 0 Å². The molecule has 0 unspecified atom stereocenters. The second-order valence-corrected chi connectivity index (χ2v) is 5.86. The minimum Gasteiger partial charge on any atom is -0.470 e. The Morgan fingerprint density at radius 2 is 1.71 bits per heavy atom. The Bertz CT molecular complexity index is 601. The van der Waals surface area contributed by atoms with Crippen LogP contribution in [0.3, 0.4) is 0 Å². The Kier molecular flexibility index (Phi) is 4.36. The molecule has 0 bridgehead atoms. The van der Waals surface area contributed by atoms with Gasteiger partial charge in [0.2, 0.25) is 11.8 Å². The van der Waals surface area contributed by atoms with Crippen molar-refractivity contribution in [3.8, 4) is 17.5 Å². The maximum Gasteiger partial charge on any atom is 0.241 e. The van der Waals surface area contributed by atoms with Gasteiger partial charge in [0.25, 0.3) is 0 Å². The van der Waals surface area contributed by atoms with Gasteiger partial charge in [-0.3, -0.25) is 0 Å². The molecule has 1 aromatic carbocycles. The zero-order chi connectivity index (χ0) is 15.5. The molecular weight excluding hydrogens is 264 g/mol. The highest BCUT2D eigenvalue weighted by molar-refractivity contribution is 5.50. The number of nitrogen functional groups attached to an aromatic ring is 1. The lowest BCUT2D eigenvalue weighted by atomic mass is 10.2. The Morgan fingerprint density at radius 3 is 2.29 bits per heavy atom. The Morgan fingerprint density at radius 1 is 1.05 bits per heavy atom. The first-order valence-corrected chi connectivity index (χ1v) is 7.10. The molecule has 1 heterocycles. The lowest BCUT2D eigenvalue weighted by Gasteiger charge is -2.21. The van der Waals surface area contributed by atoms with E-state index in [0.29, 0.717) is 17.4 Å². The quantitative estimate of drug-likeness (QED) is 0.915. The zero-order valence-electron chi connectivity index (χ0n) is 13.0. The van der Waals surface area contributed by atoms with Crippen LogP contribution >= 0.6 is 0 Å². The van der Waals surface area contributed by atoms with Crippen LogP contribution in [0.15, 0.2) is 36.4 Å². The molecule has 0 spiro atoms. The number of hydrogen-bond donors (Lipinski definition) is 1. The van der Waals surface area contributed by atoms with Gasteiger partial charge in [-0.15, -0.1) is 0 Å². The predicted octanol–water partition coefficient (Wildman–Crippen LogP) is 4.20. The molecule has 1 aromatic heterocycles. The molecule has 0 aliphatic rings. The minimum atomic E-state index is -0.359. The number of anilines is 1. The van der Waals surface area contributed by atoms with Crippen LogP contribution in [-0.4, -0.2) is 10.6 Å². The predicted molar refractivity (Wildman–Crippen MR) is 84.9 cm³/mol. The van der Waals surface area contributed by atoms with E-state index in [9.17, 15) is 0 Å². The number of nitrogens with two attached hydrogens (primary N) is 1. The van der Waals surface area contributed by atoms with E-state index in [4.69, 9.17) is 15.2 Å². The number of rotatable bonds is 4. The van der Waals surface area contributed by atoms with Crippen LogP contribution in [0.1, 0.15) is 33.3 Å². The first kappa shape index (κ1) is 15.2. The molecule has 0 saturated heterocycles. The van der Waals surface area contributed by atoms with Crippen molar-refractivity contribution in [1.29, 1.82) is 0 Å². The standard InChI is InChI=1S/C17H22N2O2/c1-5-12-6-8-13(9-7-12)20-15-11-10-14(18)16(19-15)21-17(2,3)4/h6-11H,5,18H2,1-4H3. The second-order valence-electron chi connectivity index (χ2n) is 5.86. The molecule has 0 radical (unpaired) electrons. The molecule has 21 heavy (non-hydrogen) atoms. The van der Waals surface area contributed by atoms with Crippen molar-refractivity contribution in [2.75, 3.05) is 5.73 Å². The van der Waals surface area contributed by atoms with E-state index >= 15 is 0 Å². The van der Waals surface area contributed by atoms with Crippen molar-refractivity contribution in [3.63, 3.8) is 0 Å². The van der Waals surface area contributed by atoms with E-state index in [1.54, 1.807) is 12.1 Å². The monoisotopic (exact) mass is 286 g/mol. The lowest BCUT2D eigenvalue weighted by Crippen LogP contribution is -2.24. The van der Waals surface area contributed by atoms with Crippen LogP contribution in [0, 0.1) is 0 Å². The van der Waals surface area contributed by atoms with Gasteiger partial charge in [0, 0.05) is 6.07 Å². The minimum absolute atomic E-state index is 0.359. The lowest BCUT2D eigenvalue weighted by molar-refractivity contribution is 0.124. The SMILES string of the molecule is CCc1ccc(Oc2ccc(N)c(OC(C)(C)C)n2)cc1. The van der Waals surface area contributed by atoms with Crippen LogP contribution in [0.5, 0.6) is 17.5 Å². The molecule has 0 saturated carbocycles. The number of benzene rings is 1. The fourth-order valence-electron chi connectivity index (χ4n) is 1.78. The first-order valence-electron chi connectivity index (χ1n) is 7.10. The Hall–Kier alpha value is -2.23. The van der Waals surface area contributed by atoms with Crippen molar-refractivity contribution in [3.05, 3.63) is 42.0 Å². The highest BCUT2D eigenvalue weighted by Gasteiger charge is 2.16. The number of aryl methyl sites for hydroxylation is 1. The number of aromatic nitrogens is 1. The van der Waals surface area contributed by atoms with Gasteiger partial charge in [0.05, 0.1) is 5.69 Å². The van der Waals surface area contributed by atoms with Gasteiger partial charge in [-0.05, 0) is 51.0 Å². The molecule has 0 atom stereocenters. The van der Waals surface area contributed by atoms with E-state index in [0.717, 1.165) is 12.2 Å². The molecule has 0 amide bonds. The molecule has 0 fully saturated rings. The number of hydrogen-bond acceptors (Lipinski definition) is 4. The normalized spacial score (nSPS) is 11.2. The molecule has 0 aliphatic heterocycles. The van der Waals surface area contributed by atoms with E-state index in [1.165, 1.54) is 5.56 Å². The van der Waals surface area contributed by atoms with Crippen LogP contribution in [-0.2, 0) is 6.42 Å². The van der Waals surface area contributed by atoms with Gasteiger partial charge < -0.3 is 15.2 Å². The molecule has 4 nitrogen and oxygen atoms in total. The largest absolute Gasteiger partial charge is 0.470 e. The number of nitrogens with zero attached hydrogens (tertiary/aromatic N) is 1. The highest BCUT2D eigenvalue weighted by Crippen LogP contribution is 2.28. The molecule has 0 aliphatic carbocycles. The van der Waals surface area contributed by atoms with E-state index in [2.05, 4.69) is 11.9 Å². The Labute approximate surface area is 125 Å². The van der Waals surface area contributed by atoms with Crippen molar-refractivity contribution in [2.45, 2.75) is 39.7 Å². The van der Waals surface area contributed by atoms with Crippen LogP contribution in [0.4, 0.5) is 5.69 Å². The molecule has 2 N–H and O–H groups in total. The van der Waals surface area contributed by atoms with Gasteiger partial charge in [0.1, 0.15) is 11.4 Å². The summed E-state index contributed by atoms with van der Waals surface area (Å²) in [5.74, 6) is 1.60. The summed E-state index contributed by atoms with van der Waals surface area (Å²) in [5.41, 5.74) is 7.29. The smallest absolute Gasteiger partial charge is 0.241 e. The van der Waals surface area contributed by atoms with Crippen molar-refractivity contribution in [1.82, 2.24) is 4.98 Å². The topological polar surface area (TPSA) is 57.4 Å². The van der Waals surface area contributed by atoms with Crippen LogP contribution < -0.4 is 15.2 Å². The summed E-state index contributed by atoms with van der Waals surface area (Å²) in [4.78, 5) is 4.33. The summed E-state index contributed by atoms with van der Waals surface area (Å²) < 4.78 is 11.5. The summed E-state index contributed by atoms with van der Waals surface area (Å²) >= 11 is 0. The van der Waals surface area contributed by atoms with Gasteiger partial charge in [0.15, 0.2) is 0 Å². The highest BCUT2D eigenvalue weighted by atomic mass is 16.5. The summed E-state index contributed by atoms with van der Waals surface area (Å²) in [6.07, 6.45) is 1.00. The third-order valence-electron chi connectivity index (χ3n) is 2.82. The summed E-state index contributed by atoms with van der Waals surface area (Å²) in [5, 5.41) is 0. The average molecular weight is 286 g/mol. The molecule has 4 heteroatoms. The fraction of sp³-hybridized carbons (Fsp3) is 0.353. The van der Waals surface area contributed by atoms with E-state index in [1.807, 2.05) is 45.0 Å². The average Bonchev–Trinajstić information content (AvgIpc) is 2.42. The summed E-state index contributed by atoms with van der Waals surface area (Å²) in [7, 11) is 0. The van der Waals surface area contributed by atoms with Crippen LogP contribution in [0.25, 0.3) is 0 Å². The van der Waals surface area contributed by atoms with Gasteiger partial charge in [-0.1, -0.05) is 19.1 Å². The maximum absolute atomic E-state index is 5.88. The van der Waals surface area contributed by atoms with Gasteiger partial charge in [-0.2, -0.15) is 4.98 Å². The second kappa shape index (κ2) is 6.04.